The Morgan fingerprint density at radius 3 is 2.07 bits per heavy atom. The van der Waals surface area contributed by atoms with Crippen molar-refractivity contribution >= 4 is 37.2 Å². The van der Waals surface area contributed by atoms with Crippen molar-refractivity contribution in [1.29, 1.82) is 0 Å². The summed E-state index contributed by atoms with van der Waals surface area (Å²) < 4.78 is 11.9. The van der Waals surface area contributed by atoms with Gasteiger partial charge in [-0.25, -0.2) is 0 Å². The minimum Gasteiger partial charge on any atom is -0.343 e. The van der Waals surface area contributed by atoms with Crippen LogP contribution in [0.1, 0.15) is 0 Å². The summed E-state index contributed by atoms with van der Waals surface area (Å²) in [4.78, 5) is 0. The highest BCUT2D eigenvalue weighted by Gasteiger charge is 2.30. The average Bonchev–Trinajstić information content (AvgIpc) is 2.19. The lowest BCUT2D eigenvalue weighted by atomic mass is 11.6. The van der Waals surface area contributed by atoms with Gasteiger partial charge in [-0.15, -0.1) is 0 Å². The fourth-order valence-electron chi connectivity index (χ4n) is 1.79. The normalized spacial score (nSPS) is 41.1. The van der Waals surface area contributed by atoms with E-state index in [1.165, 1.54) is 0 Å². The van der Waals surface area contributed by atoms with Crippen LogP contribution >= 0.6 is 0 Å². The van der Waals surface area contributed by atoms with Gasteiger partial charge in [-0.05, 0) is 40.8 Å². The summed E-state index contributed by atoms with van der Waals surface area (Å²) in [5.74, 6) is 0. The van der Waals surface area contributed by atoms with Crippen LogP contribution in [0.25, 0.3) is 0 Å². The number of hydrogen-bond donors (Lipinski definition) is 1. The molecule has 0 aromatic heterocycles. The lowest BCUT2D eigenvalue weighted by Crippen LogP contribution is -2.69. The molecule has 0 aromatic rings. The molecular weight excluding hydrogens is 240 g/mol. The minimum absolute atomic E-state index is 0.160. The van der Waals surface area contributed by atoms with E-state index < -0.39 is 27.4 Å². The Hall–Kier alpha value is 0.708. The van der Waals surface area contributed by atoms with Gasteiger partial charge in [0.15, 0.2) is 37.2 Å². The molecule has 0 aliphatic carbocycles. The fourth-order valence-corrected chi connectivity index (χ4v) is 18.1. The van der Waals surface area contributed by atoms with Gasteiger partial charge in [-0.1, -0.05) is 0 Å². The van der Waals surface area contributed by atoms with E-state index in [1.54, 1.807) is 0 Å². The van der Waals surface area contributed by atoms with Crippen molar-refractivity contribution in [1.82, 2.24) is 17.3 Å². The minimum atomic E-state index is -0.803. The molecule has 8 heteroatoms. The van der Waals surface area contributed by atoms with Crippen molar-refractivity contribution < 1.29 is 0 Å². The van der Waals surface area contributed by atoms with Crippen molar-refractivity contribution in [3.8, 4) is 0 Å². The predicted molar refractivity (Wildman–Crippen MR) is 74.0 cm³/mol. The number of rotatable bonds is 0. The Morgan fingerprint density at radius 2 is 1.50 bits per heavy atom. The van der Waals surface area contributed by atoms with Crippen LogP contribution in [-0.2, 0) is 0 Å². The number of nitrogens with zero attached hydrogens (tertiary/aromatic N) is 3. The van der Waals surface area contributed by atoms with E-state index in [0.29, 0.717) is 0 Å². The first kappa shape index (κ1) is 12.8. The van der Waals surface area contributed by atoms with Gasteiger partial charge in [0.1, 0.15) is 0 Å². The molecule has 1 aliphatic heterocycles. The van der Waals surface area contributed by atoms with Crippen molar-refractivity contribution in [2.24, 2.45) is 0 Å². The standard InChI is InChI=1S/C6H24N4Si4/c1-8-11-7-12(4)9(2)14(6)10(3)13(8)5/h7,12-14H,11H2,1-6H3. The predicted octanol–water partition coefficient (Wildman–Crippen LogP) is -2.07. The maximum absolute atomic E-state index is 3.84. The Balaban J connectivity index is 2.75. The molecule has 1 fully saturated rings. The van der Waals surface area contributed by atoms with Gasteiger partial charge in [-0.3, -0.25) is 0 Å². The van der Waals surface area contributed by atoms with E-state index in [-0.39, 0.29) is 9.84 Å². The SMILES string of the molecule is CN1[SiH2]N[SiH](C)N(C)[SiH](C)N(C)[SiH]1C. The Kier molecular flexibility index (Phi) is 4.71. The first-order valence-corrected chi connectivity index (χ1v) is 13.3. The maximum Gasteiger partial charge on any atom is 0.174 e. The summed E-state index contributed by atoms with van der Waals surface area (Å²) in [6.45, 7) is 7.36. The zero-order valence-corrected chi connectivity index (χ0v) is 15.2. The van der Waals surface area contributed by atoms with Crippen LogP contribution < -0.4 is 4.65 Å². The smallest absolute Gasteiger partial charge is 0.174 e. The second kappa shape index (κ2) is 5.16. The molecule has 1 aliphatic rings. The lowest BCUT2D eigenvalue weighted by Gasteiger charge is -2.44. The topological polar surface area (TPSA) is 21.8 Å². The van der Waals surface area contributed by atoms with Gasteiger partial charge in [0.2, 0.25) is 0 Å². The summed E-state index contributed by atoms with van der Waals surface area (Å²) in [6.07, 6.45) is 0. The molecule has 3 atom stereocenters. The first-order chi connectivity index (χ1) is 6.45. The van der Waals surface area contributed by atoms with E-state index in [4.69, 9.17) is 0 Å². The summed E-state index contributed by atoms with van der Waals surface area (Å²) >= 11 is 0. The van der Waals surface area contributed by atoms with Gasteiger partial charge in [-0.2, -0.15) is 0 Å². The summed E-state index contributed by atoms with van der Waals surface area (Å²) in [6, 6.07) is 0. The quantitative estimate of drug-likeness (QED) is 0.508. The largest absolute Gasteiger partial charge is 0.343 e. The molecule has 14 heavy (non-hydrogen) atoms. The van der Waals surface area contributed by atoms with Crippen LogP contribution in [0.15, 0.2) is 0 Å². The zero-order chi connectivity index (χ0) is 10.9. The Morgan fingerprint density at radius 1 is 0.929 bits per heavy atom. The van der Waals surface area contributed by atoms with Gasteiger partial charge in [0.05, 0.1) is 0 Å². The van der Waals surface area contributed by atoms with Gasteiger partial charge in [0, 0.05) is 0 Å². The molecule has 0 bridgehead atoms. The van der Waals surface area contributed by atoms with Gasteiger partial charge < -0.3 is 17.3 Å². The third-order valence-electron chi connectivity index (χ3n) is 3.65. The summed E-state index contributed by atoms with van der Waals surface area (Å²) in [5.41, 5.74) is 0. The van der Waals surface area contributed by atoms with Crippen molar-refractivity contribution in [2.75, 3.05) is 21.1 Å². The van der Waals surface area contributed by atoms with Crippen molar-refractivity contribution in [3.63, 3.8) is 0 Å². The molecular formula is C6H24N4Si4. The first-order valence-electron chi connectivity index (χ1n) is 5.32. The van der Waals surface area contributed by atoms with Crippen LogP contribution in [0.3, 0.4) is 0 Å². The second-order valence-corrected chi connectivity index (χ2v) is 17.3. The number of nitrogens with one attached hydrogen (secondary N) is 1. The number of hydrogen-bond acceptors (Lipinski definition) is 4. The van der Waals surface area contributed by atoms with Crippen LogP contribution in [0.4, 0.5) is 0 Å². The average molecular weight is 265 g/mol. The van der Waals surface area contributed by atoms with E-state index in [1.807, 2.05) is 0 Å². The van der Waals surface area contributed by atoms with Crippen LogP contribution in [0, 0.1) is 0 Å². The second-order valence-electron chi connectivity index (χ2n) is 4.39. The van der Waals surface area contributed by atoms with Crippen LogP contribution in [-0.4, -0.2) is 71.0 Å². The van der Waals surface area contributed by atoms with Crippen LogP contribution in [0.2, 0.25) is 19.6 Å². The lowest BCUT2D eigenvalue weighted by molar-refractivity contribution is 0.609. The third kappa shape index (κ3) is 2.64. The van der Waals surface area contributed by atoms with Crippen LogP contribution in [0.5, 0.6) is 0 Å². The van der Waals surface area contributed by atoms with Gasteiger partial charge in [0.25, 0.3) is 0 Å². The van der Waals surface area contributed by atoms with Crippen molar-refractivity contribution in [3.05, 3.63) is 0 Å². The molecule has 1 heterocycles. The molecule has 1 N–H and O–H groups in total. The highest BCUT2D eigenvalue weighted by molar-refractivity contribution is 6.81. The highest BCUT2D eigenvalue weighted by atomic mass is 28.4. The molecule has 1 rings (SSSR count). The van der Waals surface area contributed by atoms with Crippen molar-refractivity contribution in [2.45, 2.75) is 19.6 Å². The molecule has 3 unspecified atom stereocenters. The summed E-state index contributed by atoms with van der Waals surface area (Å²) in [5, 5.41) is 0. The highest BCUT2D eigenvalue weighted by Crippen LogP contribution is 2.05. The molecule has 0 saturated carbocycles. The Bertz CT molecular complexity index is 175. The fraction of sp³-hybridized carbons (Fsp3) is 1.00. The molecule has 4 nitrogen and oxygen atoms in total. The molecule has 1 saturated heterocycles. The van der Waals surface area contributed by atoms with E-state index in [2.05, 4.69) is 58.1 Å². The monoisotopic (exact) mass is 264 g/mol. The van der Waals surface area contributed by atoms with E-state index in [0.717, 1.165) is 0 Å². The summed E-state index contributed by atoms with van der Waals surface area (Å²) in [7, 11) is 4.49. The van der Waals surface area contributed by atoms with Gasteiger partial charge >= 0.3 is 0 Å². The Labute approximate surface area is 95.5 Å². The molecule has 0 spiro atoms. The van der Waals surface area contributed by atoms with E-state index in [9.17, 15) is 0 Å². The molecule has 0 amide bonds. The molecule has 0 aromatic carbocycles. The third-order valence-corrected chi connectivity index (χ3v) is 20.6. The zero-order valence-electron chi connectivity index (χ0n) is 10.3. The molecule has 84 valence electrons. The maximum atomic E-state index is 3.84. The van der Waals surface area contributed by atoms with E-state index >= 15 is 0 Å². The molecule has 0 radical (unpaired) electrons.